The van der Waals surface area contributed by atoms with E-state index in [0.29, 0.717) is 5.75 Å². The molecular formula is C16H17NO. The molecule has 0 amide bonds. The van der Waals surface area contributed by atoms with Crippen molar-refractivity contribution in [3.63, 3.8) is 0 Å². The average Bonchev–Trinajstić information content (AvgIpc) is 2.38. The number of aryl methyl sites for hydroxylation is 1. The van der Waals surface area contributed by atoms with Crippen molar-refractivity contribution in [2.75, 3.05) is 6.54 Å². The summed E-state index contributed by atoms with van der Waals surface area (Å²) >= 11 is 0. The van der Waals surface area contributed by atoms with Crippen molar-refractivity contribution in [3.8, 4) is 5.75 Å². The Morgan fingerprint density at radius 3 is 2.61 bits per heavy atom. The lowest BCUT2D eigenvalue weighted by molar-refractivity contribution is 0.474. The van der Waals surface area contributed by atoms with Crippen molar-refractivity contribution in [2.24, 2.45) is 4.99 Å². The van der Waals surface area contributed by atoms with Crippen molar-refractivity contribution in [1.82, 2.24) is 0 Å². The third kappa shape index (κ3) is 3.45. The molecule has 0 radical (unpaired) electrons. The fraction of sp³-hybridized carbons (Fsp3) is 0.188. The van der Waals surface area contributed by atoms with E-state index in [4.69, 9.17) is 0 Å². The molecule has 0 unspecified atom stereocenters. The Bertz CT molecular complexity index is 532. The normalized spacial score (nSPS) is 10.9. The summed E-state index contributed by atoms with van der Waals surface area (Å²) in [6.45, 7) is 2.69. The van der Waals surface area contributed by atoms with Gasteiger partial charge >= 0.3 is 0 Å². The summed E-state index contributed by atoms with van der Waals surface area (Å²) < 4.78 is 0. The molecule has 92 valence electrons. The molecule has 0 spiro atoms. The second-order valence-electron chi connectivity index (χ2n) is 4.33. The van der Waals surface area contributed by atoms with Gasteiger partial charge in [-0.05, 0) is 36.6 Å². The van der Waals surface area contributed by atoms with E-state index in [1.54, 1.807) is 12.3 Å². The van der Waals surface area contributed by atoms with Crippen LogP contribution < -0.4 is 0 Å². The Labute approximate surface area is 108 Å². The first-order valence-corrected chi connectivity index (χ1v) is 6.09. The van der Waals surface area contributed by atoms with E-state index in [9.17, 15) is 5.11 Å². The van der Waals surface area contributed by atoms with E-state index in [1.807, 2.05) is 37.3 Å². The van der Waals surface area contributed by atoms with Gasteiger partial charge in [-0.3, -0.25) is 4.99 Å². The third-order valence-electron chi connectivity index (χ3n) is 2.79. The van der Waals surface area contributed by atoms with E-state index < -0.39 is 0 Å². The smallest absolute Gasteiger partial charge is 0.124 e. The van der Waals surface area contributed by atoms with E-state index in [1.165, 1.54) is 5.56 Å². The van der Waals surface area contributed by atoms with Crippen molar-refractivity contribution in [3.05, 3.63) is 65.2 Å². The highest BCUT2D eigenvalue weighted by Gasteiger charge is 1.97. The molecule has 1 N–H and O–H groups in total. The maximum absolute atomic E-state index is 9.72. The molecule has 0 fully saturated rings. The minimum Gasteiger partial charge on any atom is -0.507 e. The highest BCUT2D eigenvalue weighted by molar-refractivity contribution is 5.83. The van der Waals surface area contributed by atoms with Crippen LogP contribution >= 0.6 is 0 Å². The molecule has 2 aromatic carbocycles. The maximum Gasteiger partial charge on any atom is 0.124 e. The largest absolute Gasteiger partial charge is 0.507 e. The minimum atomic E-state index is 0.290. The van der Waals surface area contributed by atoms with Crippen LogP contribution in [0.15, 0.2) is 53.5 Å². The van der Waals surface area contributed by atoms with Gasteiger partial charge < -0.3 is 5.11 Å². The molecule has 0 bridgehead atoms. The van der Waals surface area contributed by atoms with Crippen LogP contribution in [0.3, 0.4) is 0 Å². The molecule has 0 aromatic heterocycles. The summed E-state index contributed by atoms with van der Waals surface area (Å²) in [7, 11) is 0. The second-order valence-corrected chi connectivity index (χ2v) is 4.33. The summed E-state index contributed by atoms with van der Waals surface area (Å²) in [6, 6.07) is 15.9. The van der Waals surface area contributed by atoms with Gasteiger partial charge in [-0.15, -0.1) is 0 Å². The standard InChI is InChI=1S/C16H17NO/c1-13-7-8-15(16(18)11-13)12-17-10-9-14-5-3-2-4-6-14/h2-8,11-12,18H,9-10H2,1H3. The molecule has 18 heavy (non-hydrogen) atoms. The third-order valence-corrected chi connectivity index (χ3v) is 2.79. The number of benzene rings is 2. The zero-order valence-corrected chi connectivity index (χ0v) is 10.5. The zero-order chi connectivity index (χ0) is 12.8. The van der Waals surface area contributed by atoms with Crippen LogP contribution in [0.25, 0.3) is 0 Å². The molecule has 2 aromatic rings. The van der Waals surface area contributed by atoms with E-state index in [0.717, 1.165) is 24.1 Å². The van der Waals surface area contributed by atoms with Crippen LogP contribution in [0.4, 0.5) is 0 Å². The van der Waals surface area contributed by atoms with E-state index in [2.05, 4.69) is 17.1 Å². The van der Waals surface area contributed by atoms with Crippen molar-refractivity contribution >= 4 is 6.21 Å². The lowest BCUT2D eigenvalue weighted by atomic mass is 10.1. The highest BCUT2D eigenvalue weighted by Crippen LogP contribution is 2.16. The molecule has 2 rings (SSSR count). The molecule has 2 heteroatoms. The number of phenolic OH excluding ortho intramolecular Hbond substituents is 1. The molecule has 0 atom stereocenters. The summed E-state index contributed by atoms with van der Waals surface area (Å²) in [5.74, 6) is 0.290. The van der Waals surface area contributed by atoms with Gasteiger partial charge in [-0.1, -0.05) is 36.4 Å². The lowest BCUT2D eigenvalue weighted by Gasteiger charge is -2.00. The average molecular weight is 239 g/mol. The van der Waals surface area contributed by atoms with Gasteiger partial charge in [0.25, 0.3) is 0 Å². The van der Waals surface area contributed by atoms with Crippen LogP contribution in [0.5, 0.6) is 5.75 Å². The van der Waals surface area contributed by atoms with E-state index >= 15 is 0 Å². The fourth-order valence-corrected chi connectivity index (χ4v) is 1.76. The quantitative estimate of drug-likeness (QED) is 0.815. The molecule has 0 saturated carbocycles. The Morgan fingerprint density at radius 1 is 1.11 bits per heavy atom. The van der Waals surface area contributed by atoms with Gasteiger partial charge in [-0.25, -0.2) is 0 Å². The van der Waals surface area contributed by atoms with E-state index in [-0.39, 0.29) is 0 Å². The fourth-order valence-electron chi connectivity index (χ4n) is 1.76. The van der Waals surface area contributed by atoms with Crippen molar-refractivity contribution < 1.29 is 5.11 Å². The number of rotatable bonds is 4. The first kappa shape index (κ1) is 12.4. The first-order valence-electron chi connectivity index (χ1n) is 6.09. The highest BCUT2D eigenvalue weighted by atomic mass is 16.3. The number of hydrogen-bond donors (Lipinski definition) is 1. The van der Waals surface area contributed by atoms with Gasteiger partial charge in [0.2, 0.25) is 0 Å². The number of nitrogens with zero attached hydrogens (tertiary/aromatic N) is 1. The first-order chi connectivity index (χ1) is 8.75. The van der Waals surface area contributed by atoms with Gasteiger partial charge in [0.15, 0.2) is 0 Å². The van der Waals surface area contributed by atoms with Crippen molar-refractivity contribution in [1.29, 1.82) is 0 Å². The Hall–Kier alpha value is -2.09. The molecule has 0 heterocycles. The maximum atomic E-state index is 9.72. The molecule has 0 aliphatic carbocycles. The van der Waals surface area contributed by atoms with Gasteiger partial charge in [0, 0.05) is 18.3 Å². The molecule has 0 aliphatic heterocycles. The Morgan fingerprint density at radius 2 is 1.89 bits per heavy atom. The topological polar surface area (TPSA) is 32.6 Å². The number of hydrogen-bond acceptors (Lipinski definition) is 2. The van der Waals surface area contributed by atoms with Crippen LogP contribution in [-0.2, 0) is 6.42 Å². The van der Waals surface area contributed by atoms with Gasteiger partial charge in [0.1, 0.15) is 5.75 Å². The monoisotopic (exact) mass is 239 g/mol. The summed E-state index contributed by atoms with van der Waals surface area (Å²) in [6.07, 6.45) is 2.65. The number of aromatic hydroxyl groups is 1. The Kier molecular flexibility index (Phi) is 4.13. The lowest BCUT2D eigenvalue weighted by Crippen LogP contribution is -1.90. The predicted octanol–water partition coefficient (Wildman–Crippen LogP) is 3.36. The SMILES string of the molecule is Cc1ccc(C=NCCc2ccccc2)c(O)c1. The van der Waals surface area contributed by atoms with Crippen LogP contribution in [-0.4, -0.2) is 17.9 Å². The van der Waals surface area contributed by atoms with Gasteiger partial charge in [-0.2, -0.15) is 0 Å². The van der Waals surface area contributed by atoms with Crippen molar-refractivity contribution in [2.45, 2.75) is 13.3 Å². The van der Waals surface area contributed by atoms with Crippen LogP contribution in [0, 0.1) is 6.92 Å². The summed E-state index contributed by atoms with van der Waals surface area (Å²) in [4.78, 5) is 4.34. The molecule has 0 aliphatic rings. The Balaban J connectivity index is 1.92. The minimum absolute atomic E-state index is 0.290. The molecule has 0 saturated heterocycles. The zero-order valence-electron chi connectivity index (χ0n) is 10.5. The second kappa shape index (κ2) is 6.01. The number of phenols is 1. The van der Waals surface area contributed by atoms with Gasteiger partial charge in [0.05, 0.1) is 0 Å². The van der Waals surface area contributed by atoms with Crippen LogP contribution in [0.2, 0.25) is 0 Å². The summed E-state index contributed by atoms with van der Waals surface area (Å²) in [5, 5.41) is 9.72. The molecular weight excluding hydrogens is 222 g/mol. The van der Waals surface area contributed by atoms with Crippen LogP contribution in [0.1, 0.15) is 16.7 Å². The molecule has 2 nitrogen and oxygen atoms in total. The summed E-state index contributed by atoms with van der Waals surface area (Å²) in [5.41, 5.74) is 3.10. The predicted molar refractivity (Wildman–Crippen MR) is 75.5 cm³/mol. The number of aliphatic imine (C=N–C) groups is 1.